The van der Waals surface area contributed by atoms with Crippen LogP contribution in [0.15, 0.2) is 23.1 Å². The lowest BCUT2D eigenvalue weighted by Crippen LogP contribution is -2.39. The van der Waals surface area contributed by atoms with Gasteiger partial charge in [-0.2, -0.15) is 4.31 Å². The molecule has 0 radical (unpaired) electrons. The summed E-state index contributed by atoms with van der Waals surface area (Å²) in [5.41, 5.74) is 6.35. The molecule has 0 saturated carbocycles. The van der Waals surface area contributed by atoms with Crippen molar-refractivity contribution >= 4 is 21.6 Å². The molecule has 1 aliphatic heterocycles. The number of halogens is 1. The molecule has 2 rings (SSSR count). The minimum absolute atomic E-state index is 0.181. The van der Waals surface area contributed by atoms with Crippen LogP contribution in [0.3, 0.4) is 0 Å². The lowest BCUT2D eigenvalue weighted by atomic mass is 10.0. The van der Waals surface area contributed by atoms with E-state index in [1.54, 1.807) is 18.2 Å². The molecule has 1 aliphatic rings. The van der Waals surface area contributed by atoms with Gasteiger partial charge in [0.05, 0.1) is 5.02 Å². The SMILES string of the molecule is CC1CCCN(S(=O)(=O)c2ccc(CN)cc2Cl)C1. The number of benzene rings is 1. The van der Waals surface area contributed by atoms with Crippen molar-refractivity contribution in [2.75, 3.05) is 13.1 Å². The van der Waals surface area contributed by atoms with Gasteiger partial charge in [-0.15, -0.1) is 0 Å². The largest absolute Gasteiger partial charge is 0.326 e. The predicted molar refractivity (Wildman–Crippen MR) is 76.5 cm³/mol. The first-order valence-corrected chi connectivity index (χ1v) is 8.25. The third-order valence-electron chi connectivity index (χ3n) is 3.47. The zero-order valence-corrected chi connectivity index (χ0v) is 12.5. The lowest BCUT2D eigenvalue weighted by molar-refractivity contribution is 0.281. The Balaban J connectivity index is 2.33. The Labute approximate surface area is 119 Å². The van der Waals surface area contributed by atoms with Gasteiger partial charge in [0.2, 0.25) is 10.0 Å². The average Bonchev–Trinajstić information content (AvgIpc) is 2.38. The topological polar surface area (TPSA) is 63.4 Å². The molecule has 0 aliphatic carbocycles. The lowest BCUT2D eigenvalue weighted by Gasteiger charge is -2.30. The highest BCUT2D eigenvalue weighted by atomic mass is 35.5. The van der Waals surface area contributed by atoms with Gasteiger partial charge < -0.3 is 5.73 Å². The van der Waals surface area contributed by atoms with E-state index < -0.39 is 10.0 Å². The number of nitrogens with zero attached hydrogens (tertiary/aromatic N) is 1. The van der Waals surface area contributed by atoms with E-state index in [0.717, 1.165) is 18.4 Å². The monoisotopic (exact) mass is 302 g/mol. The van der Waals surface area contributed by atoms with Gasteiger partial charge in [0, 0.05) is 19.6 Å². The molecule has 1 saturated heterocycles. The smallest absolute Gasteiger partial charge is 0.244 e. The van der Waals surface area contributed by atoms with Crippen molar-refractivity contribution in [2.24, 2.45) is 11.7 Å². The maximum absolute atomic E-state index is 12.6. The van der Waals surface area contributed by atoms with Gasteiger partial charge in [0.1, 0.15) is 4.90 Å². The van der Waals surface area contributed by atoms with Crippen LogP contribution in [0.1, 0.15) is 25.3 Å². The van der Waals surface area contributed by atoms with Crippen LogP contribution in [0.2, 0.25) is 5.02 Å². The fraction of sp³-hybridized carbons (Fsp3) is 0.538. The molecule has 1 atom stereocenters. The van der Waals surface area contributed by atoms with E-state index in [0.29, 0.717) is 25.6 Å². The van der Waals surface area contributed by atoms with Crippen molar-refractivity contribution < 1.29 is 8.42 Å². The van der Waals surface area contributed by atoms with Crippen LogP contribution >= 0.6 is 11.6 Å². The van der Waals surface area contributed by atoms with E-state index in [2.05, 4.69) is 6.92 Å². The molecule has 1 fully saturated rings. The van der Waals surface area contributed by atoms with E-state index in [1.807, 2.05) is 0 Å². The summed E-state index contributed by atoms with van der Waals surface area (Å²) >= 11 is 6.09. The van der Waals surface area contributed by atoms with Crippen LogP contribution in [0.5, 0.6) is 0 Å². The van der Waals surface area contributed by atoms with Gasteiger partial charge in [0.15, 0.2) is 0 Å². The molecule has 0 amide bonds. The molecule has 106 valence electrons. The number of hydrogen-bond donors (Lipinski definition) is 1. The highest BCUT2D eigenvalue weighted by molar-refractivity contribution is 7.89. The van der Waals surface area contributed by atoms with Crippen molar-refractivity contribution in [1.82, 2.24) is 4.31 Å². The third kappa shape index (κ3) is 3.11. The molecule has 19 heavy (non-hydrogen) atoms. The van der Waals surface area contributed by atoms with Gasteiger partial charge in [-0.25, -0.2) is 8.42 Å². The summed E-state index contributed by atoms with van der Waals surface area (Å²) in [7, 11) is -3.49. The quantitative estimate of drug-likeness (QED) is 0.931. The zero-order valence-electron chi connectivity index (χ0n) is 11.0. The molecule has 1 heterocycles. The van der Waals surface area contributed by atoms with E-state index >= 15 is 0 Å². The first kappa shape index (κ1) is 14.8. The summed E-state index contributed by atoms with van der Waals surface area (Å²) in [6.45, 7) is 3.56. The minimum Gasteiger partial charge on any atom is -0.326 e. The molecular weight excluding hydrogens is 284 g/mol. The van der Waals surface area contributed by atoms with Gasteiger partial charge in [-0.1, -0.05) is 24.6 Å². The second-order valence-corrected chi connectivity index (χ2v) is 7.39. The Kier molecular flexibility index (Phi) is 4.50. The molecule has 0 spiro atoms. The van der Waals surface area contributed by atoms with E-state index in [-0.39, 0.29) is 9.92 Å². The number of piperidine rings is 1. The molecule has 2 N–H and O–H groups in total. The van der Waals surface area contributed by atoms with Gasteiger partial charge in [-0.3, -0.25) is 0 Å². The Morgan fingerprint density at radius 3 is 2.79 bits per heavy atom. The Morgan fingerprint density at radius 2 is 2.21 bits per heavy atom. The van der Waals surface area contributed by atoms with Crippen LogP contribution < -0.4 is 5.73 Å². The summed E-state index contributed by atoms with van der Waals surface area (Å²) in [5.74, 6) is 0.394. The van der Waals surface area contributed by atoms with Crippen LogP contribution in [0.4, 0.5) is 0 Å². The average molecular weight is 303 g/mol. The highest BCUT2D eigenvalue weighted by Gasteiger charge is 2.30. The summed E-state index contributed by atoms with van der Waals surface area (Å²) < 4.78 is 26.7. The number of rotatable bonds is 3. The van der Waals surface area contributed by atoms with Crippen LogP contribution in [-0.4, -0.2) is 25.8 Å². The number of hydrogen-bond acceptors (Lipinski definition) is 3. The number of nitrogens with two attached hydrogens (primary N) is 1. The zero-order chi connectivity index (χ0) is 14.0. The fourth-order valence-corrected chi connectivity index (χ4v) is 4.52. The van der Waals surface area contributed by atoms with Crippen molar-refractivity contribution in [3.05, 3.63) is 28.8 Å². The van der Waals surface area contributed by atoms with Crippen molar-refractivity contribution in [3.63, 3.8) is 0 Å². The maximum Gasteiger partial charge on any atom is 0.244 e. The van der Waals surface area contributed by atoms with Crippen molar-refractivity contribution in [2.45, 2.75) is 31.2 Å². The second-order valence-electron chi connectivity index (χ2n) is 5.08. The van der Waals surface area contributed by atoms with Crippen molar-refractivity contribution in [3.8, 4) is 0 Å². The molecule has 0 bridgehead atoms. The fourth-order valence-electron chi connectivity index (χ4n) is 2.38. The van der Waals surface area contributed by atoms with Gasteiger partial charge in [-0.05, 0) is 36.5 Å². The first-order valence-electron chi connectivity index (χ1n) is 6.44. The molecule has 6 heteroatoms. The molecular formula is C13H19ClN2O2S. The first-order chi connectivity index (χ1) is 8.95. The molecule has 1 aromatic carbocycles. The second kappa shape index (κ2) is 5.79. The van der Waals surface area contributed by atoms with Crippen LogP contribution in [-0.2, 0) is 16.6 Å². The summed E-state index contributed by atoms with van der Waals surface area (Å²) in [6, 6.07) is 4.90. The Morgan fingerprint density at radius 1 is 1.47 bits per heavy atom. The highest BCUT2D eigenvalue weighted by Crippen LogP contribution is 2.28. The Hall–Kier alpha value is -0.620. The van der Waals surface area contributed by atoms with Gasteiger partial charge in [0.25, 0.3) is 0 Å². The normalized spacial score (nSPS) is 21.5. The van der Waals surface area contributed by atoms with Crippen molar-refractivity contribution in [1.29, 1.82) is 0 Å². The van der Waals surface area contributed by atoms with Crippen LogP contribution in [0.25, 0.3) is 0 Å². The van der Waals surface area contributed by atoms with Crippen LogP contribution in [0, 0.1) is 5.92 Å². The maximum atomic E-state index is 12.6. The molecule has 4 nitrogen and oxygen atoms in total. The summed E-state index contributed by atoms with van der Waals surface area (Å²) in [5, 5.41) is 0.251. The number of sulfonamides is 1. The van der Waals surface area contributed by atoms with E-state index in [9.17, 15) is 8.42 Å². The predicted octanol–water partition coefficient (Wildman–Crippen LogP) is 2.22. The summed E-state index contributed by atoms with van der Waals surface area (Å²) in [6.07, 6.45) is 1.98. The molecule has 0 aromatic heterocycles. The van der Waals surface area contributed by atoms with Gasteiger partial charge >= 0.3 is 0 Å². The third-order valence-corrected chi connectivity index (χ3v) is 5.82. The minimum atomic E-state index is -3.49. The van der Waals surface area contributed by atoms with E-state index in [4.69, 9.17) is 17.3 Å². The van der Waals surface area contributed by atoms with E-state index in [1.165, 1.54) is 4.31 Å². The standard InChI is InChI=1S/C13H19ClN2O2S/c1-10-3-2-6-16(9-10)19(17,18)13-5-4-11(8-15)7-12(13)14/h4-5,7,10H,2-3,6,8-9,15H2,1H3. The summed E-state index contributed by atoms with van der Waals surface area (Å²) in [4.78, 5) is 0.181. The molecule has 1 unspecified atom stereocenters. The molecule has 1 aromatic rings. The Bertz CT molecular complexity index is 560.